The molecule has 2 unspecified atom stereocenters. The largest absolute Gasteiger partial charge is 0.379 e. The summed E-state index contributed by atoms with van der Waals surface area (Å²) in [5.41, 5.74) is 0.264. The van der Waals surface area contributed by atoms with E-state index in [1.54, 1.807) is 0 Å². The van der Waals surface area contributed by atoms with Crippen LogP contribution in [0.5, 0.6) is 0 Å². The van der Waals surface area contributed by atoms with Gasteiger partial charge in [-0.25, -0.2) is 0 Å². The molecule has 7 nitrogen and oxygen atoms in total. The van der Waals surface area contributed by atoms with E-state index in [-0.39, 0.29) is 29.5 Å². The Kier molecular flexibility index (Phi) is 11.7. The van der Waals surface area contributed by atoms with Crippen LogP contribution in [-0.4, -0.2) is 99.6 Å². The highest BCUT2D eigenvalue weighted by Crippen LogP contribution is 2.33. The minimum Gasteiger partial charge on any atom is -0.379 e. The van der Waals surface area contributed by atoms with Crippen LogP contribution in [0.2, 0.25) is 0 Å². The fraction of sp³-hybridized carbons (Fsp3) is 0.955. The SMILES string of the molecule is CN=C(NCCCN1CC(C)OC(C)C1)NCC1(N2CCOCC2)CCCCC1.I. The zero-order chi connectivity index (χ0) is 20.5. The molecule has 3 rings (SSSR count). The van der Waals surface area contributed by atoms with E-state index in [0.29, 0.717) is 12.2 Å². The predicted octanol–water partition coefficient (Wildman–Crippen LogP) is 2.30. The van der Waals surface area contributed by atoms with E-state index in [9.17, 15) is 0 Å². The summed E-state index contributed by atoms with van der Waals surface area (Å²) >= 11 is 0. The molecule has 176 valence electrons. The average Bonchev–Trinajstić information content (AvgIpc) is 2.74. The average molecular weight is 538 g/mol. The minimum atomic E-state index is 0. The van der Waals surface area contributed by atoms with E-state index in [1.807, 2.05) is 7.05 Å². The number of hydrogen-bond acceptors (Lipinski definition) is 5. The Hall–Kier alpha value is -0.160. The minimum absolute atomic E-state index is 0. The van der Waals surface area contributed by atoms with Crippen LogP contribution < -0.4 is 10.6 Å². The van der Waals surface area contributed by atoms with E-state index < -0.39 is 0 Å². The lowest BCUT2D eigenvalue weighted by atomic mass is 9.80. The predicted molar refractivity (Wildman–Crippen MR) is 134 cm³/mol. The summed E-state index contributed by atoms with van der Waals surface area (Å²) < 4.78 is 11.4. The first-order valence-electron chi connectivity index (χ1n) is 11.8. The number of halogens is 1. The molecule has 1 saturated carbocycles. The van der Waals surface area contributed by atoms with Crippen molar-refractivity contribution in [1.29, 1.82) is 0 Å². The Labute approximate surface area is 200 Å². The standard InChI is InChI=1S/C22H43N5O2.HI/c1-19-16-26(17-20(2)29-19)11-7-10-24-21(23-3)25-18-22(8-5-4-6-9-22)27-12-14-28-15-13-27;/h19-20H,4-18H2,1-3H3,(H2,23,24,25);1H. The first kappa shape index (κ1) is 26.1. The lowest BCUT2D eigenvalue weighted by Gasteiger charge is -2.48. The number of nitrogens with zero attached hydrogens (tertiary/aromatic N) is 3. The Morgan fingerprint density at radius 2 is 1.70 bits per heavy atom. The van der Waals surface area contributed by atoms with Gasteiger partial charge in [0.25, 0.3) is 0 Å². The normalized spacial score (nSPS) is 28.6. The molecule has 0 aromatic rings. The van der Waals surface area contributed by atoms with Crippen molar-refractivity contribution >= 4 is 29.9 Å². The van der Waals surface area contributed by atoms with Crippen LogP contribution in [0.1, 0.15) is 52.4 Å². The van der Waals surface area contributed by atoms with Gasteiger partial charge in [0.1, 0.15) is 0 Å². The van der Waals surface area contributed by atoms with E-state index in [0.717, 1.165) is 71.4 Å². The van der Waals surface area contributed by atoms with Crippen LogP contribution in [-0.2, 0) is 9.47 Å². The van der Waals surface area contributed by atoms with E-state index >= 15 is 0 Å². The highest BCUT2D eigenvalue weighted by molar-refractivity contribution is 14.0. The van der Waals surface area contributed by atoms with Gasteiger partial charge in [0.2, 0.25) is 0 Å². The number of aliphatic imine (C=N–C) groups is 1. The van der Waals surface area contributed by atoms with Gasteiger partial charge in [-0.05, 0) is 33.1 Å². The number of guanidine groups is 1. The van der Waals surface area contributed by atoms with Crippen molar-refractivity contribution in [3.05, 3.63) is 0 Å². The van der Waals surface area contributed by atoms with E-state index in [2.05, 4.69) is 39.3 Å². The van der Waals surface area contributed by atoms with Crippen molar-refractivity contribution in [2.45, 2.75) is 70.1 Å². The topological polar surface area (TPSA) is 61.4 Å². The molecule has 2 aliphatic heterocycles. The van der Waals surface area contributed by atoms with Gasteiger partial charge in [-0.15, -0.1) is 24.0 Å². The molecule has 0 bridgehead atoms. The van der Waals surface area contributed by atoms with Crippen molar-refractivity contribution in [3.8, 4) is 0 Å². The van der Waals surface area contributed by atoms with Crippen LogP contribution in [0.15, 0.2) is 4.99 Å². The number of nitrogens with one attached hydrogen (secondary N) is 2. The first-order valence-corrected chi connectivity index (χ1v) is 11.8. The second kappa shape index (κ2) is 13.4. The van der Waals surface area contributed by atoms with Gasteiger partial charge < -0.3 is 20.1 Å². The molecule has 0 radical (unpaired) electrons. The molecule has 2 atom stereocenters. The lowest BCUT2D eigenvalue weighted by molar-refractivity contribution is -0.0679. The molecule has 2 saturated heterocycles. The molecule has 3 aliphatic rings. The molecule has 0 amide bonds. The van der Waals surface area contributed by atoms with Crippen molar-refractivity contribution in [1.82, 2.24) is 20.4 Å². The Balaban J connectivity index is 0.00000320. The first-order chi connectivity index (χ1) is 14.1. The van der Waals surface area contributed by atoms with Crippen LogP contribution in [0.25, 0.3) is 0 Å². The highest BCUT2D eigenvalue weighted by Gasteiger charge is 2.38. The van der Waals surface area contributed by atoms with Crippen LogP contribution >= 0.6 is 24.0 Å². The molecule has 0 spiro atoms. The van der Waals surface area contributed by atoms with Crippen molar-refractivity contribution in [3.63, 3.8) is 0 Å². The van der Waals surface area contributed by atoms with Gasteiger partial charge in [0.05, 0.1) is 25.4 Å². The second-order valence-corrected chi connectivity index (χ2v) is 9.11. The third kappa shape index (κ3) is 7.76. The Bertz CT molecular complexity index is 500. The fourth-order valence-electron chi connectivity index (χ4n) is 5.30. The Morgan fingerprint density at radius 1 is 1.03 bits per heavy atom. The van der Waals surface area contributed by atoms with Gasteiger partial charge in [0.15, 0.2) is 5.96 Å². The van der Waals surface area contributed by atoms with Crippen molar-refractivity contribution in [2.24, 2.45) is 4.99 Å². The third-order valence-electron chi connectivity index (χ3n) is 6.71. The summed E-state index contributed by atoms with van der Waals surface area (Å²) in [6.45, 7) is 13.3. The summed E-state index contributed by atoms with van der Waals surface area (Å²) in [5, 5.41) is 7.18. The maximum absolute atomic E-state index is 5.83. The zero-order valence-corrected chi connectivity index (χ0v) is 21.7. The molecule has 0 aromatic heterocycles. The van der Waals surface area contributed by atoms with Crippen LogP contribution in [0.4, 0.5) is 0 Å². The molecule has 8 heteroatoms. The molecular formula is C22H44IN5O2. The van der Waals surface area contributed by atoms with E-state index in [1.165, 1.54) is 32.1 Å². The third-order valence-corrected chi connectivity index (χ3v) is 6.71. The summed E-state index contributed by atoms with van der Waals surface area (Å²) in [4.78, 5) is 9.67. The van der Waals surface area contributed by atoms with E-state index in [4.69, 9.17) is 9.47 Å². The maximum atomic E-state index is 5.83. The Morgan fingerprint density at radius 3 is 2.33 bits per heavy atom. The molecule has 3 fully saturated rings. The maximum Gasteiger partial charge on any atom is 0.191 e. The molecule has 1 aliphatic carbocycles. The number of hydrogen-bond donors (Lipinski definition) is 2. The van der Waals surface area contributed by atoms with Gasteiger partial charge in [-0.3, -0.25) is 14.8 Å². The summed E-state index contributed by atoms with van der Waals surface area (Å²) in [5.74, 6) is 0.937. The number of morpholine rings is 2. The highest BCUT2D eigenvalue weighted by atomic mass is 127. The smallest absolute Gasteiger partial charge is 0.191 e. The number of rotatable bonds is 7. The molecule has 30 heavy (non-hydrogen) atoms. The van der Waals surface area contributed by atoms with Gasteiger partial charge in [-0.2, -0.15) is 0 Å². The van der Waals surface area contributed by atoms with Crippen molar-refractivity contribution < 1.29 is 9.47 Å². The van der Waals surface area contributed by atoms with Crippen LogP contribution in [0.3, 0.4) is 0 Å². The van der Waals surface area contributed by atoms with Gasteiger partial charge in [0, 0.05) is 58.4 Å². The summed E-state index contributed by atoms with van der Waals surface area (Å²) in [7, 11) is 1.88. The molecule has 2 N–H and O–H groups in total. The van der Waals surface area contributed by atoms with Crippen molar-refractivity contribution in [2.75, 3.05) is 66.1 Å². The van der Waals surface area contributed by atoms with Crippen LogP contribution in [0, 0.1) is 0 Å². The number of ether oxygens (including phenoxy) is 2. The zero-order valence-electron chi connectivity index (χ0n) is 19.3. The van der Waals surface area contributed by atoms with Gasteiger partial charge >= 0.3 is 0 Å². The molecule has 0 aromatic carbocycles. The molecule has 2 heterocycles. The lowest BCUT2D eigenvalue weighted by Crippen LogP contribution is -2.60. The van der Waals surface area contributed by atoms with Gasteiger partial charge in [-0.1, -0.05) is 19.3 Å². The molecular weight excluding hydrogens is 493 g/mol. The second-order valence-electron chi connectivity index (χ2n) is 9.11. The summed E-state index contributed by atoms with van der Waals surface area (Å²) in [6.07, 6.45) is 8.41. The fourth-order valence-corrected chi connectivity index (χ4v) is 5.30. The quantitative estimate of drug-likeness (QED) is 0.225. The monoisotopic (exact) mass is 537 g/mol. The summed E-state index contributed by atoms with van der Waals surface area (Å²) in [6, 6.07) is 0.